The molecule has 0 unspecified atom stereocenters. The van der Waals surface area contributed by atoms with Crippen LogP contribution in [0.1, 0.15) is 24.8 Å². The highest BCUT2D eigenvalue weighted by atomic mass is 35.5. The summed E-state index contributed by atoms with van der Waals surface area (Å²) in [7, 11) is 1.72. The van der Waals surface area contributed by atoms with Crippen molar-refractivity contribution >= 4 is 17.3 Å². The Balaban J connectivity index is 1.85. The van der Waals surface area contributed by atoms with Gasteiger partial charge in [0.25, 0.3) is 5.69 Å². The average molecular weight is 299 g/mol. The molecule has 0 amide bonds. The van der Waals surface area contributed by atoms with Crippen molar-refractivity contribution in [2.24, 2.45) is 5.41 Å². The summed E-state index contributed by atoms with van der Waals surface area (Å²) in [6.45, 7) is 2.33. The summed E-state index contributed by atoms with van der Waals surface area (Å²) in [6, 6.07) is 4.93. The number of halogens is 1. The summed E-state index contributed by atoms with van der Waals surface area (Å²) in [4.78, 5) is 10.4. The van der Waals surface area contributed by atoms with E-state index in [2.05, 4.69) is 5.32 Å². The summed E-state index contributed by atoms with van der Waals surface area (Å²) in [5, 5.41) is 14.4. The van der Waals surface area contributed by atoms with Crippen LogP contribution >= 0.6 is 11.6 Å². The van der Waals surface area contributed by atoms with Crippen LogP contribution in [0, 0.1) is 15.5 Å². The molecule has 20 heavy (non-hydrogen) atoms. The molecule has 1 aromatic rings. The van der Waals surface area contributed by atoms with E-state index in [0.717, 1.165) is 25.1 Å². The summed E-state index contributed by atoms with van der Waals surface area (Å²) >= 11 is 5.79. The fraction of sp³-hybridized carbons (Fsp3) is 0.571. The summed E-state index contributed by atoms with van der Waals surface area (Å²) in [5.74, 6) is 0. The predicted molar refractivity (Wildman–Crippen MR) is 78.0 cm³/mol. The fourth-order valence-corrected chi connectivity index (χ4v) is 2.48. The molecule has 1 N–H and O–H groups in total. The molecular formula is C14H19ClN2O3. The van der Waals surface area contributed by atoms with E-state index in [1.54, 1.807) is 13.2 Å². The number of rotatable bonds is 8. The van der Waals surface area contributed by atoms with Gasteiger partial charge in [-0.15, -0.1) is 0 Å². The Kier molecular flexibility index (Phi) is 4.96. The van der Waals surface area contributed by atoms with Crippen molar-refractivity contribution in [3.05, 3.63) is 38.9 Å². The van der Waals surface area contributed by atoms with Crippen LogP contribution in [-0.2, 0) is 11.3 Å². The van der Waals surface area contributed by atoms with E-state index in [1.165, 1.54) is 18.9 Å². The van der Waals surface area contributed by atoms with Gasteiger partial charge in [0.15, 0.2) is 0 Å². The van der Waals surface area contributed by atoms with E-state index in [1.807, 2.05) is 6.07 Å². The highest BCUT2D eigenvalue weighted by molar-refractivity contribution is 6.32. The zero-order valence-corrected chi connectivity index (χ0v) is 12.3. The first-order valence-corrected chi connectivity index (χ1v) is 7.07. The average Bonchev–Trinajstić information content (AvgIpc) is 3.18. The smallest absolute Gasteiger partial charge is 0.288 e. The Hall–Kier alpha value is -1.17. The number of nitro benzene ring substituents is 1. The minimum Gasteiger partial charge on any atom is -0.385 e. The number of ether oxygens (including phenoxy) is 1. The van der Waals surface area contributed by atoms with Crippen molar-refractivity contribution in [3.8, 4) is 0 Å². The number of hydrogen-bond acceptors (Lipinski definition) is 4. The molecule has 0 heterocycles. The molecule has 1 aliphatic rings. The molecule has 0 atom stereocenters. The lowest BCUT2D eigenvalue weighted by Gasteiger charge is -2.15. The van der Waals surface area contributed by atoms with Gasteiger partial charge in [-0.1, -0.05) is 17.7 Å². The van der Waals surface area contributed by atoms with Crippen molar-refractivity contribution in [1.82, 2.24) is 5.32 Å². The molecule has 110 valence electrons. The van der Waals surface area contributed by atoms with Crippen molar-refractivity contribution in [2.45, 2.75) is 25.8 Å². The van der Waals surface area contributed by atoms with Gasteiger partial charge in [-0.25, -0.2) is 0 Å². The maximum atomic E-state index is 10.8. The topological polar surface area (TPSA) is 64.4 Å². The highest BCUT2D eigenvalue weighted by Gasteiger charge is 2.41. The first-order valence-electron chi connectivity index (χ1n) is 6.69. The lowest BCUT2D eigenvalue weighted by Crippen LogP contribution is -2.24. The third kappa shape index (κ3) is 3.91. The van der Waals surface area contributed by atoms with Crippen molar-refractivity contribution < 1.29 is 9.66 Å². The number of hydrogen-bond donors (Lipinski definition) is 1. The number of nitrogens with one attached hydrogen (secondary N) is 1. The maximum Gasteiger partial charge on any atom is 0.288 e. The maximum absolute atomic E-state index is 10.8. The van der Waals surface area contributed by atoms with Gasteiger partial charge >= 0.3 is 0 Å². The van der Waals surface area contributed by atoms with Crippen LogP contribution in [0.4, 0.5) is 5.69 Å². The van der Waals surface area contributed by atoms with E-state index < -0.39 is 4.92 Å². The second-order valence-electron chi connectivity index (χ2n) is 5.39. The lowest BCUT2D eigenvalue weighted by atomic mass is 10.0. The van der Waals surface area contributed by atoms with Crippen LogP contribution < -0.4 is 5.32 Å². The Morgan fingerprint density at radius 1 is 1.50 bits per heavy atom. The summed E-state index contributed by atoms with van der Waals surface area (Å²) < 4.78 is 5.12. The molecule has 2 rings (SSSR count). The van der Waals surface area contributed by atoms with Crippen LogP contribution in [0.5, 0.6) is 0 Å². The standard InChI is InChI=1S/C14H19ClN2O3/c1-20-7-6-14(4-5-14)10-16-9-11-2-3-12(15)13(8-11)17(18)19/h2-3,8,16H,4-7,9-10H2,1H3. The van der Waals surface area contributed by atoms with Crippen LogP contribution in [0.3, 0.4) is 0 Å². The molecule has 0 bridgehead atoms. The quantitative estimate of drug-likeness (QED) is 0.591. The Morgan fingerprint density at radius 3 is 2.85 bits per heavy atom. The molecule has 6 heteroatoms. The minimum atomic E-state index is -0.452. The second-order valence-corrected chi connectivity index (χ2v) is 5.80. The molecule has 1 fully saturated rings. The molecule has 1 aromatic carbocycles. The Labute approximate surface area is 123 Å². The third-order valence-corrected chi connectivity index (χ3v) is 4.15. The van der Waals surface area contributed by atoms with Crippen molar-refractivity contribution in [2.75, 3.05) is 20.3 Å². The Bertz CT molecular complexity index is 489. The van der Waals surface area contributed by atoms with Crippen LogP contribution in [0.25, 0.3) is 0 Å². The van der Waals surface area contributed by atoms with E-state index in [9.17, 15) is 10.1 Å². The molecule has 1 aliphatic carbocycles. The normalized spacial score (nSPS) is 16.1. The lowest BCUT2D eigenvalue weighted by molar-refractivity contribution is -0.384. The van der Waals surface area contributed by atoms with Gasteiger partial charge in [0.2, 0.25) is 0 Å². The van der Waals surface area contributed by atoms with Gasteiger partial charge in [0.1, 0.15) is 5.02 Å². The van der Waals surface area contributed by atoms with Crippen LogP contribution in [0.15, 0.2) is 18.2 Å². The highest BCUT2D eigenvalue weighted by Crippen LogP contribution is 2.48. The van der Waals surface area contributed by atoms with Gasteiger partial charge < -0.3 is 10.1 Å². The van der Waals surface area contributed by atoms with E-state index >= 15 is 0 Å². The van der Waals surface area contributed by atoms with Gasteiger partial charge in [-0.3, -0.25) is 10.1 Å². The molecule has 0 radical (unpaired) electrons. The van der Waals surface area contributed by atoms with Gasteiger partial charge in [0, 0.05) is 32.9 Å². The number of methoxy groups -OCH3 is 1. The molecular weight excluding hydrogens is 280 g/mol. The molecule has 0 spiro atoms. The van der Waals surface area contributed by atoms with E-state index in [0.29, 0.717) is 12.0 Å². The molecule has 0 saturated heterocycles. The summed E-state index contributed by atoms with van der Waals surface area (Å²) in [5.41, 5.74) is 1.21. The predicted octanol–water partition coefficient (Wildman–Crippen LogP) is 3.15. The Morgan fingerprint density at radius 2 is 2.25 bits per heavy atom. The van der Waals surface area contributed by atoms with Crippen LogP contribution in [0.2, 0.25) is 5.02 Å². The SMILES string of the molecule is COCCC1(CNCc2ccc(Cl)c([N+](=O)[O-])c2)CC1. The minimum absolute atomic E-state index is 0.0357. The van der Waals surface area contributed by atoms with Gasteiger partial charge in [0.05, 0.1) is 4.92 Å². The van der Waals surface area contributed by atoms with E-state index in [-0.39, 0.29) is 10.7 Å². The van der Waals surface area contributed by atoms with Gasteiger partial charge in [-0.2, -0.15) is 0 Å². The van der Waals surface area contributed by atoms with Crippen molar-refractivity contribution in [1.29, 1.82) is 0 Å². The summed E-state index contributed by atoms with van der Waals surface area (Å²) in [6.07, 6.45) is 3.52. The third-order valence-electron chi connectivity index (χ3n) is 3.83. The first-order chi connectivity index (χ1) is 9.56. The second kappa shape index (κ2) is 6.52. The largest absolute Gasteiger partial charge is 0.385 e. The fourth-order valence-electron chi connectivity index (χ4n) is 2.29. The van der Waals surface area contributed by atoms with Crippen molar-refractivity contribution in [3.63, 3.8) is 0 Å². The first kappa shape index (κ1) is 15.2. The zero-order valence-electron chi connectivity index (χ0n) is 11.5. The monoisotopic (exact) mass is 298 g/mol. The molecule has 0 aliphatic heterocycles. The molecule has 1 saturated carbocycles. The van der Waals surface area contributed by atoms with E-state index in [4.69, 9.17) is 16.3 Å². The molecule has 5 nitrogen and oxygen atoms in total. The number of nitro groups is 1. The zero-order chi connectivity index (χ0) is 14.6. The molecule has 0 aromatic heterocycles. The number of benzene rings is 1. The van der Waals surface area contributed by atoms with Crippen LogP contribution in [-0.4, -0.2) is 25.2 Å². The van der Waals surface area contributed by atoms with Gasteiger partial charge in [-0.05, 0) is 36.3 Å². The number of nitrogens with zero attached hydrogens (tertiary/aromatic N) is 1.